The molecule has 1 aromatic carbocycles. The quantitative estimate of drug-likeness (QED) is 0.765. The third-order valence-electron chi connectivity index (χ3n) is 2.11. The fourth-order valence-electron chi connectivity index (χ4n) is 1.30. The molecule has 1 amide bonds. The van der Waals surface area contributed by atoms with E-state index in [-0.39, 0.29) is 11.7 Å². The zero-order valence-electron chi connectivity index (χ0n) is 9.91. The summed E-state index contributed by atoms with van der Waals surface area (Å²) >= 11 is 8.04. The van der Waals surface area contributed by atoms with E-state index in [0.29, 0.717) is 5.16 Å². The van der Waals surface area contributed by atoms with E-state index in [0.717, 1.165) is 20.5 Å². The monoisotopic (exact) mass is 404 g/mol. The highest BCUT2D eigenvalue weighted by atomic mass is 79.9. The summed E-state index contributed by atoms with van der Waals surface area (Å²) in [5.41, 5.74) is 0.728. The maximum Gasteiger partial charge on any atom is 0.234 e. The highest BCUT2D eigenvalue weighted by Gasteiger charge is 2.08. The van der Waals surface area contributed by atoms with Crippen LogP contribution >= 0.6 is 43.6 Å². The van der Waals surface area contributed by atoms with Crippen LogP contribution in [0.5, 0.6) is 0 Å². The minimum Gasteiger partial charge on any atom is -0.324 e. The van der Waals surface area contributed by atoms with Crippen LogP contribution in [-0.2, 0) is 4.79 Å². The van der Waals surface area contributed by atoms with Crippen molar-refractivity contribution in [3.8, 4) is 0 Å². The normalized spacial score (nSPS) is 10.5. The highest BCUT2D eigenvalue weighted by Crippen LogP contribution is 2.26. The van der Waals surface area contributed by atoms with Crippen LogP contribution in [0, 0.1) is 6.92 Å². The molecule has 2 aromatic rings. The Hall–Kier alpha value is -0.860. The Morgan fingerprint density at radius 1 is 1.47 bits per heavy atom. The first-order valence-electron chi connectivity index (χ1n) is 5.31. The van der Waals surface area contributed by atoms with Crippen molar-refractivity contribution in [2.75, 3.05) is 11.1 Å². The second-order valence-electron chi connectivity index (χ2n) is 3.66. The molecule has 1 aromatic heterocycles. The molecule has 0 aliphatic carbocycles. The Labute approximate surface area is 131 Å². The number of amides is 1. The number of anilines is 1. The smallest absolute Gasteiger partial charge is 0.234 e. The Balaban J connectivity index is 1.92. The Bertz CT molecular complexity index is 602. The van der Waals surface area contributed by atoms with E-state index >= 15 is 0 Å². The van der Waals surface area contributed by atoms with E-state index in [2.05, 4.69) is 52.4 Å². The number of benzene rings is 1. The fraction of sp³-hybridized carbons (Fsp3) is 0.182. The molecule has 0 unspecified atom stereocenters. The van der Waals surface area contributed by atoms with Crippen LogP contribution in [0.25, 0.3) is 0 Å². The predicted molar refractivity (Wildman–Crippen MR) is 82.3 cm³/mol. The minimum absolute atomic E-state index is 0.105. The molecule has 0 saturated carbocycles. The van der Waals surface area contributed by atoms with Gasteiger partial charge in [0.15, 0.2) is 0 Å². The fourth-order valence-corrected chi connectivity index (χ4v) is 2.65. The minimum atomic E-state index is -0.105. The van der Waals surface area contributed by atoms with Crippen LogP contribution < -0.4 is 5.32 Å². The van der Waals surface area contributed by atoms with Crippen molar-refractivity contribution in [2.45, 2.75) is 12.1 Å². The van der Waals surface area contributed by atoms with Gasteiger partial charge in [-0.05, 0) is 41.1 Å². The standard InChI is InChI=1S/C11H10Br2N4OS/c1-6-14-11(17-16-6)19-5-10(18)15-9-4-7(12)2-3-8(9)13/h2-4H,5H2,1H3,(H,15,18)(H,14,16,17). The molecule has 0 atom stereocenters. The molecule has 8 heteroatoms. The first-order chi connectivity index (χ1) is 9.04. The zero-order valence-corrected chi connectivity index (χ0v) is 13.9. The largest absolute Gasteiger partial charge is 0.324 e. The lowest BCUT2D eigenvalue weighted by Crippen LogP contribution is -2.14. The molecule has 0 bridgehead atoms. The number of aromatic nitrogens is 3. The lowest BCUT2D eigenvalue weighted by molar-refractivity contribution is -0.113. The summed E-state index contributed by atoms with van der Waals surface area (Å²) in [7, 11) is 0. The first-order valence-corrected chi connectivity index (χ1v) is 7.88. The summed E-state index contributed by atoms with van der Waals surface area (Å²) in [6, 6.07) is 5.60. The van der Waals surface area contributed by atoms with Crippen molar-refractivity contribution in [1.82, 2.24) is 15.2 Å². The molecule has 5 nitrogen and oxygen atoms in total. The summed E-state index contributed by atoms with van der Waals surface area (Å²) in [4.78, 5) is 15.9. The molecule has 0 aliphatic heterocycles. The number of hydrogen-bond donors (Lipinski definition) is 2. The average molecular weight is 406 g/mol. The molecule has 19 heavy (non-hydrogen) atoms. The Morgan fingerprint density at radius 2 is 2.26 bits per heavy atom. The molecule has 0 aliphatic rings. The molecule has 0 saturated heterocycles. The van der Waals surface area contributed by atoms with E-state index in [1.165, 1.54) is 11.8 Å². The number of nitrogens with zero attached hydrogens (tertiary/aromatic N) is 2. The molecule has 0 spiro atoms. The molecular weight excluding hydrogens is 396 g/mol. The topological polar surface area (TPSA) is 70.7 Å². The van der Waals surface area contributed by atoms with Gasteiger partial charge in [-0.3, -0.25) is 9.89 Å². The molecule has 0 radical (unpaired) electrons. The van der Waals surface area contributed by atoms with Crippen molar-refractivity contribution in [1.29, 1.82) is 0 Å². The lowest BCUT2D eigenvalue weighted by atomic mass is 10.3. The predicted octanol–water partition coefficient (Wildman–Crippen LogP) is 3.37. The van der Waals surface area contributed by atoms with E-state index < -0.39 is 0 Å². The van der Waals surface area contributed by atoms with Gasteiger partial charge in [-0.25, -0.2) is 4.98 Å². The van der Waals surface area contributed by atoms with Crippen LogP contribution in [-0.4, -0.2) is 26.8 Å². The van der Waals surface area contributed by atoms with Crippen molar-refractivity contribution in [2.24, 2.45) is 0 Å². The number of aromatic amines is 1. The summed E-state index contributed by atoms with van der Waals surface area (Å²) < 4.78 is 1.74. The van der Waals surface area contributed by atoms with E-state index in [1.807, 2.05) is 25.1 Å². The van der Waals surface area contributed by atoms with Gasteiger partial charge in [-0.15, -0.1) is 5.10 Å². The van der Waals surface area contributed by atoms with Gasteiger partial charge in [0, 0.05) is 8.95 Å². The number of rotatable bonds is 4. The second-order valence-corrected chi connectivity index (χ2v) is 6.38. The summed E-state index contributed by atoms with van der Waals surface area (Å²) in [6.07, 6.45) is 0. The van der Waals surface area contributed by atoms with Crippen molar-refractivity contribution >= 4 is 55.2 Å². The Morgan fingerprint density at radius 3 is 2.95 bits per heavy atom. The van der Waals surface area contributed by atoms with Gasteiger partial charge in [0.1, 0.15) is 5.82 Å². The van der Waals surface area contributed by atoms with Crippen molar-refractivity contribution < 1.29 is 4.79 Å². The number of halogens is 2. The van der Waals surface area contributed by atoms with Crippen LogP contribution in [0.1, 0.15) is 5.82 Å². The third kappa shape index (κ3) is 4.32. The molecule has 2 N–H and O–H groups in total. The van der Waals surface area contributed by atoms with Gasteiger partial charge in [0.2, 0.25) is 11.1 Å². The third-order valence-corrected chi connectivity index (χ3v) is 4.14. The highest BCUT2D eigenvalue weighted by molar-refractivity contribution is 9.11. The second kappa shape index (κ2) is 6.53. The van der Waals surface area contributed by atoms with Gasteiger partial charge < -0.3 is 5.32 Å². The van der Waals surface area contributed by atoms with Crippen LogP contribution in [0.2, 0.25) is 0 Å². The first kappa shape index (κ1) is 14.5. The summed E-state index contributed by atoms with van der Waals surface area (Å²) in [6.45, 7) is 1.82. The molecule has 2 rings (SSSR count). The van der Waals surface area contributed by atoms with E-state index in [9.17, 15) is 4.79 Å². The van der Waals surface area contributed by atoms with Gasteiger partial charge in [-0.2, -0.15) is 0 Å². The van der Waals surface area contributed by atoms with Gasteiger partial charge in [0.25, 0.3) is 0 Å². The Kier molecular flexibility index (Phi) is 5.00. The number of nitrogens with one attached hydrogen (secondary N) is 2. The number of aryl methyl sites for hydroxylation is 1. The average Bonchev–Trinajstić information content (AvgIpc) is 2.77. The summed E-state index contributed by atoms with van der Waals surface area (Å²) in [5, 5.41) is 10.1. The van der Waals surface area contributed by atoms with E-state index in [4.69, 9.17) is 0 Å². The maximum absolute atomic E-state index is 11.8. The summed E-state index contributed by atoms with van der Waals surface area (Å²) in [5.74, 6) is 0.889. The number of H-pyrrole nitrogens is 1. The number of carbonyl (C=O) groups is 1. The molecular formula is C11H10Br2N4OS. The number of carbonyl (C=O) groups excluding carboxylic acids is 1. The van der Waals surface area contributed by atoms with E-state index in [1.54, 1.807) is 0 Å². The molecule has 100 valence electrons. The van der Waals surface area contributed by atoms with Gasteiger partial charge >= 0.3 is 0 Å². The van der Waals surface area contributed by atoms with Crippen LogP contribution in [0.15, 0.2) is 32.3 Å². The SMILES string of the molecule is Cc1nc(SCC(=O)Nc2cc(Br)ccc2Br)n[nH]1. The van der Waals surface area contributed by atoms with Crippen LogP contribution in [0.3, 0.4) is 0 Å². The van der Waals surface area contributed by atoms with Gasteiger partial charge in [-0.1, -0.05) is 27.7 Å². The number of hydrogen-bond acceptors (Lipinski definition) is 4. The van der Waals surface area contributed by atoms with Crippen LogP contribution in [0.4, 0.5) is 5.69 Å². The zero-order chi connectivity index (χ0) is 13.8. The van der Waals surface area contributed by atoms with Gasteiger partial charge in [0.05, 0.1) is 11.4 Å². The lowest BCUT2D eigenvalue weighted by Gasteiger charge is -2.07. The van der Waals surface area contributed by atoms with Crippen molar-refractivity contribution in [3.63, 3.8) is 0 Å². The number of thioether (sulfide) groups is 1. The van der Waals surface area contributed by atoms with Crippen molar-refractivity contribution in [3.05, 3.63) is 33.0 Å². The molecule has 0 fully saturated rings. The molecule has 1 heterocycles. The maximum atomic E-state index is 11.8.